The van der Waals surface area contributed by atoms with E-state index in [-0.39, 0.29) is 6.10 Å². The first-order chi connectivity index (χ1) is 8.65. The molecule has 1 saturated heterocycles. The van der Waals surface area contributed by atoms with Crippen molar-refractivity contribution in [1.29, 1.82) is 0 Å². The monoisotopic (exact) mass is 285 g/mol. The molecule has 1 aliphatic heterocycles. The number of anilines is 1. The van der Waals surface area contributed by atoms with Crippen LogP contribution in [-0.2, 0) is 4.74 Å². The summed E-state index contributed by atoms with van der Waals surface area (Å²) in [5.74, 6) is 0.696. The maximum Gasteiger partial charge on any atom is 0.172 e. The molecule has 0 spiro atoms. The SMILES string of the molecule is Cc1nc(NC(=S)NC[C@@H]2CCCO2)ccc1Cl. The number of nitrogens with zero attached hydrogens (tertiary/aromatic N) is 1. The molecule has 4 nitrogen and oxygen atoms in total. The lowest BCUT2D eigenvalue weighted by Gasteiger charge is -2.13. The third-order valence-electron chi connectivity index (χ3n) is 2.78. The fourth-order valence-corrected chi connectivity index (χ4v) is 2.08. The lowest BCUT2D eigenvalue weighted by Crippen LogP contribution is -2.35. The van der Waals surface area contributed by atoms with E-state index in [0.29, 0.717) is 16.0 Å². The third kappa shape index (κ3) is 3.80. The highest BCUT2D eigenvalue weighted by atomic mass is 35.5. The van der Waals surface area contributed by atoms with Gasteiger partial charge in [-0.25, -0.2) is 4.98 Å². The molecule has 1 aliphatic rings. The zero-order valence-corrected chi connectivity index (χ0v) is 11.8. The smallest absolute Gasteiger partial charge is 0.172 e. The molecule has 0 saturated carbocycles. The second-order valence-corrected chi connectivity index (χ2v) is 5.05. The molecule has 0 aliphatic carbocycles. The number of ether oxygens (including phenoxy) is 1. The van der Waals surface area contributed by atoms with Crippen LogP contribution in [0.4, 0.5) is 5.82 Å². The van der Waals surface area contributed by atoms with Crippen LogP contribution in [-0.4, -0.2) is 29.4 Å². The van der Waals surface area contributed by atoms with Gasteiger partial charge < -0.3 is 15.4 Å². The normalized spacial score (nSPS) is 18.7. The average molecular weight is 286 g/mol. The van der Waals surface area contributed by atoms with E-state index in [1.54, 1.807) is 12.1 Å². The van der Waals surface area contributed by atoms with Crippen LogP contribution in [0.1, 0.15) is 18.5 Å². The number of pyridine rings is 1. The minimum absolute atomic E-state index is 0.268. The number of thiocarbonyl (C=S) groups is 1. The minimum Gasteiger partial charge on any atom is -0.376 e. The van der Waals surface area contributed by atoms with Crippen molar-refractivity contribution in [2.24, 2.45) is 0 Å². The van der Waals surface area contributed by atoms with Crippen LogP contribution in [0, 0.1) is 6.92 Å². The van der Waals surface area contributed by atoms with E-state index in [9.17, 15) is 0 Å². The summed E-state index contributed by atoms with van der Waals surface area (Å²) in [6.45, 7) is 3.44. The van der Waals surface area contributed by atoms with E-state index in [1.165, 1.54) is 0 Å². The Morgan fingerprint density at radius 1 is 1.61 bits per heavy atom. The Kier molecular flexibility index (Phi) is 4.74. The predicted molar refractivity (Wildman–Crippen MR) is 77.2 cm³/mol. The summed E-state index contributed by atoms with van der Waals surface area (Å²) in [7, 11) is 0. The van der Waals surface area contributed by atoms with Crippen LogP contribution in [0.15, 0.2) is 12.1 Å². The Morgan fingerprint density at radius 2 is 2.44 bits per heavy atom. The van der Waals surface area contributed by atoms with E-state index in [4.69, 9.17) is 28.6 Å². The van der Waals surface area contributed by atoms with Gasteiger partial charge >= 0.3 is 0 Å². The van der Waals surface area contributed by atoms with Crippen LogP contribution < -0.4 is 10.6 Å². The number of hydrogen-bond acceptors (Lipinski definition) is 3. The first kappa shape index (κ1) is 13.5. The van der Waals surface area contributed by atoms with E-state index in [0.717, 1.165) is 31.7 Å². The largest absolute Gasteiger partial charge is 0.376 e. The molecule has 1 aromatic heterocycles. The van der Waals surface area contributed by atoms with Crippen molar-refractivity contribution in [1.82, 2.24) is 10.3 Å². The molecule has 1 fully saturated rings. The molecule has 0 bridgehead atoms. The molecule has 98 valence electrons. The highest BCUT2D eigenvalue weighted by Gasteiger charge is 2.15. The summed E-state index contributed by atoms with van der Waals surface area (Å²) in [6.07, 6.45) is 2.49. The van der Waals surface area contributed by atoms with Gasteiger partial charge in [-0.05, 0) is 44.1 Å². The van der Waals surface area contributed by atoms with E-state index < -0.39 is 0 Å². The molecule has 0 radical (unpaired) electrons. The number of hydrogen-bond donors (Lipinski definition) is 2. The van der Waals surface area contributed by atoms with E-state index in [1.807, 2.05) is 6.92 Å². The average Bonchev–Trinajstić information content (AvgIpc) is 2.84. The molecule has 2 rings (SSSR count). The number of halogens is 1. The van der Waals surface area contributed by atoms with Gasteiger partial charge in [0, 0.05) is 13.2 Å². The zero-order chi connectivity index (χ0) is 13.0. The van der Waals surface area contributed by atoms with E-state index in [2.05, 4.69) is 15.6 Å². The number of nitrogens with one attached hydrogen (secondary N) is 2. The van der Waals surface area contributed by atoms with Gasteiger partial charge in [0.2, 0.25) is 0 Å². The third-order valence-corrected chi connectivity index (χ3v) is 3.42. The molecular weight excluding hydrogens is 270 g/mol. The highest BCUT2D eigenvalue weighted by Crippen LogP contribution is 2.15. The summed E-state index contributed by atoms with van der Waals surface area (Å²) in [6, 6.07) is 3.60. The molecule has 2 N–H and O–H groups in total. The fraction of sp³-hybridized carbons (Fsp3) is 0.500. The first-order valence-corrected chi connectivity index (χ1v) is 6.73. The van der Waals surface area contributed by atoms with E-state index >= 15 is 0 Å². The van der Waals surface area contributed by atoms with Crippen LogP contribution in [0.3, 0.4) is 0 Å². The Balaban J connectivity index is 1.80. The molecule has 0 unspecified atom stereocenters. The van der Waals surface area contributed by atoms with Gasteiger partial charge in [-0.1, -0.05) is 11.6 Å². The van der Waals surface area contributed by atoms with Crippen molar-refractivity contribution in [3.63, 3.8) is 0 Å². The van der Waals surface area contributed by atoms with Crippen LogP contribution in [0.25, 0.3) is 0 Å². The van der Waals surface area contributed by atoms with Crippen molar-refractivity contribution < 1.29 is 4.74 Å². The molecule has 0 aromatic carbocycles. The van der Waals surface area contributed by atoms with Crippen molar-refractivity contribution in [3.8, 4) is 0 Å². The van der Waals surface area contributed by atoms with Crippen LogP contribution in [0.5, 0.6) is 0 Å². The Bertz CT molecular complexity index is 435. The first-order valence-electron chi connectivity index (χ1n) is 5.95. The second kappa shape index (κ2) is 6.31. The van der Waals surface area contributed by atoms with Crippen molar-refractivity contribution in [2.45, 2.75) is 25.9 Å². The van der Waals surface area contributed by atoms with Gasteiger partial charge in [-0.15, -0.1) is 0 Å². The summed E-state index contributed by atoms with van der Waals surface area (Å²) in [4.78, 5) is 4.29. The highest BCUT2D eigenvalue weighted by molar-refractivity contribution is 7.80. The Morgan fingerprint density at radius 3 is 3.11 bits per heavy atom. The molecular formula is C12H16ClN3OS. The predicted octanol–water partition coefficient (Wildman–Crippen LogP) is 2.51. The standard InChI is InChI=1S/C12H16ClN3OS/c1-8-10(13)4-5-11(15-8)16-12(18)14-7-9-3-2-6-17-9/h4-5,9H,2-3,6-7H2,1H3,(H2,14,15,16,18)/t9-/m0/s1. The molecule has 1 atom stereocenters. The number of rotatable bonds is 3. The molecule has 18 heavy (non-hydrogen) atoms. The van der Waals surface area contributed by atoms with Crippen molar-refractivity contribution >= 4 is 34.7 Å². The lowest BCUT2D eigenvalue weighted by molar-refractivity contribution is 0.114. The Hall–Kier alpha value is -0.910. The maximum atomic E-state index is 5.91. The quantitative estimate of drug-likeness (QED) is 0.836. The number of aryl methyl sites for hydroxylation is 1. The summed E-state index contributed by atoms with van der Waals surface area (Å²) in [5, 5.41) is 7.37. The van der Waals surface area contributed by atoms with Crippen molar-refractivity contribution in [2.75, 3.05) is 18.5 Å². The minimum atomic E-state index is 0.268. The van der Waals surface area contributed by atoms with Gasteiger partial charge in [-0.3, -0.25) is 0 Å². The number of aromatic nitrogens is 1. The van der Waals surface area contributed by atoms with Gasteiger partial charge in [-0.2, -0.15) is 0 Å². The van der Waals surface area contributed by atoms with Crippen LogP contribution >= 0.6 is 23.8 Å². The molecule has 0 amide bonds. The fourth-order valence-electron chi connectivity index (χ4n) is 1.79. The van der Waals surface area contributed by atoms with Gasteiger partial charge in [0.1, 0.15) is 5.82 Å². The lowest BCUT2D eigenvalue weighted by atomic mass is 10.2. The second-order valence-electron chi connectivity index (χ2n) is 4.23. The maximum absolute atomic E-state index is 5.91. The zero-order valence-electron chi connectivity index (χ0n) is 10.2. The Labute approximate surface area is 117 Å². The summed E-state index contributed by atoms with van der Waals surface area (Å²) in [5.41, 5.74) is 0.781. The van der Waals surface area contributed by atoms with Gasteiger partial charge in [0.25, 0.3) is 0 Å². The summed E-state index contributed by atoms with van der Waals surface area (Å²) >= 11 is 11.1. The van der Waals surface area contributed by atoms with Crippen molar-refractivity contribution in [3.05, 3.63) is 22.8 Å². The molecule has 6 heteroatoms. The molecule has 2 heterocycles. The molecule has 1 aromatic rings. The van der Waals surface area contributed by atoms with Crippen LogP contribution in [0.2, 0.25) is 5.02 Å². The van der Waals surface area contributed by atoms with Gasteiger partial charge in [0.05, 0.1) is 16.8 Å². The van der Waals surface area contributed by atoms with Gasteiger partial charge in [0.15, 0.2) is 5.11 Å². The topological polar surface area (TPSA) is 46.2 Å². The summed E-state index contributed by atoms with van der Waals surface area (Å²) < 4.78 is 5.51.